The lowest BCUT2D eigenvalue weighted by Crippen LogP contribution is -2.51. The predicted molar refractivity (Wildman–Crippen MR) is 138 cm³/mol. The number of anilines is 2. The minimum atomic E-state index is 0.226. The van der Waals surface area contributed by atoms with E-state index in [-0.39, 0.29) is 10.8 Å². The van der Waals surface area contributed by atoms with E-state index in [0.29, 0.717) is 0 Å². The molecular weight excluding hydrogens is 430 g/mol. The summed E-state index contributed by atoms with van der Waals surface area (Å²) < 4.78 is 0. The number of hydrogen-bond donors (Lipinski definition) is 2. The van der Waals surface area contributed by atoms with Crippen LogP contribution in [0.5, 0.6) is 0 Å². The van der Waals surface area contributed by atoms with Crippen molar-refractivity contribution < 1.29 is 0 Å². The van der Waals surface area contributed by atoms with E-state index in [1.807, 2.05) is 0 Å². The number of nitrogens with zero attached hydrogens (tertiary/aromatic N) is 1. The van der Waals surface area contributed by atoms with Crippen LogP contribution in [0, 0.1) is 46.3 Å². The zero-order valence-corrected chi connectivity index (χ0v) is 20.6. The number of nitrogens with one attached hydrogen (secondary N) is 2. The first-order chi connectivity index (χ1) is 15.5. The Morgan fingerprint density at radius 3 is 1.25 bits per heavy atom. The molecule has 3 nitrogen and oxygen atoms in total. The molecule has 0 unspecified atom stereocenters. The molecule has 1 aromatic rings. The van der Waals surface area contributed by atoms with Crippen molar-refractivity contribution in [3.8, 4) is 0 Å². The van der Waals surface area contributed by atoms with Gasteiger partial charge in [0.05, 0.1) is 9.98 Å². The molecule has 0 radical (unpaired) electrons. The zero-order chi connectivity index (χ0) is 21.5. The van der Waals surface area contributed by atoms with Gasteiger partial charge in [0.15, 0.2) is 0 Å². The summed E-state index contributed by atoms with van der Waals surface area (Å²) in [5, 5.41) is 7.17. The van der Waals surface area contributed by atoms with Gasteiger partial charge in [0.1, 0.15) is 11.6 Å². The average Bonchev–Trinajstić information content (AvgIpc) is 2.72. The van der Waals surface area contributed by atoms with Crippen molar-refractivity contribution >= 4 is 46.0 Å². The summed E-state index contributed by atoms with van der Waals surface area (Å²) in [4.78, 5) is 7.00. The molecule has 8 fully saturated rings. The molecule has 0 aliphatic heterocycles. The van der Waals surface area contributed by atoms with Crippen LogP contribution in [0.2, 0.25) is 0 Å². The van der Waals surface area contributed by atoms with Crippen molar-refractivity contribution in [3.63, 3.8) is 0 Å². The van der Waals surface area contributed by atoms with E-state index in [9.17, 15) is 0 Å². The molecule has 5 heteroatoms. The fraction of sp³-hybridized carbons (Fsp3) is 0.741. The number of pyridine rings is 1. The highest BCUT2D eigenvalue weighted by Crippen LogP contribution is 2.61. The van der Waals surface area contributed by atoms with E-state index >= 15 is 0 Å². The van der Waals surface area contributed by atoms with E-state index in [1.54, 1.807) is 0 Å². The first-order valence-electron chi connectivity index (χ1n) is 13.1. The fourth-order valence-electron chi connectivity index (χ4n) is 9.85. The molecule has 0 spiro atoms. The summed E-state index contributed by atoms with van der Waals surface area (Å²) in [5.74, 6) is 7.17. The van der Waals surface area contributed by atoms with Gasteiger partial charge in [-0.2, -0.15) is 0 Å². The Bertz CT molecular complexity index is 826. The van der Waals surface area contributed by atoms with E-state index < -0.39 is 0 Å². The third-order valence-corrected chi connectivity index (χ3v) is 11.3. The second-order valence-corrected chi connectivity index (χ2v) is 13.5. The molecule has 8 bridgehead atoms. The van der Waals surface area contributed by atoms with Crippen LogP contribution in [0.25, 0.3) is 0 Å². The average molecular weight is 466 g/mol. The second kappa shape index (κ2) is 7.21. The molecule has 0 aromatic carbocycles. The molecule has 32 heavy (non-hydrogen) atoms. The van der Waals surface area contributed by atoms with E-state index in [0.717, 1.165) is 57.1 Å². The van der Waals surface area contributed by atoms with Gasteiger partial charge >= 0.3 is 0 Å². The van der Waals surface area contributed by atoms with Gasteiger partial charge in [-0.1, -0.05) is 30.5 Å². The summed E-state index contributed by atoms with van der Waals surface area (Å²) >= 11 is 12.1. The maximum atomic E-state index is 6.04. The Morgan fingerprint density at radius 2 is 0.938 bits per heavy atom. The third-order valence-electron chi connectivity index (χ3n) is 10.3. The standard InChI is InChI=1S/C27H35N3S2/c31-24(26-10-16-4-17(11-26)6-18(5-16)12-26)29-22-2-1-3-23(28-22)30-25(32)27-13-19-7-20(14-27)9-21(8-19)15-27/h1-3,16-21H,4-15H2,(H2,28,29,30,31,32). The topological polar surface area (TPSA) is 37.0 Å². The molecule has 8 aliphatic carbocycles. The van der Waals surface area contributed by atoms with Crippen LogP contribution in [0.15, 0.2) is 18.2 Å². The predicted octanol–water partition coefficient (Wildman–Crippen LogP) is 6.99. The molecule has 0 atom stereocenters. The van der Waals surface area contributed by atoms with Crippen molar-refractivity contribution in [1.82, 2.24) is 4.98 Å². The third kappa shape index (κ3) is 3.28. The Labute approximate surface area is 202 Å². The highest BCUT2D eigenvalue weighted by atomic mass is 32.1. The lowest BCUT2D eigenvalue weighted by molar-refractivity contribution is -0.0111. The molecule has 8 aliphatic rings. The van der Waals surface area contributed by atoms with Gasteiger partial charge in [-0.05, 0) is 125 Å². The quantitative estimate of drug-likeness (QED) is 0.469. The van der Waals surface area contributed by atoms with E-state index in [2.05, 4.69) is 28.8 Å². The molecular formula is C27H35N3S2. The Kier molecular flexibility index (Phi) is 4.58. The summed E-state index contributed by atoms with van der Waals surface area (Å²) in [6.45, 7) is 0. The monoisotopic (exact) mass is 465 g/mol. The van der Waals surface area contributed by atoms with Gasteiger partial charge in [0.2, 0.25) is 0 Å². The second-order valence-electron chi connectivity index (χ2n) is 12.7. The fourth-order valence-corrected chi connectivity index (χ4v) is 10.6. The lowest BCUT2D eigenvalue weighted by atomic mass is 9.49. The van der Waals surface area contributed by atoms with E-state index in [4.69, 9.17) is 29.4 Å². The van der Waals surface area contributed by atoms with Crippen LogP contribution in [0.1, 0.15) is 77.0 Å². The van der Waals surface area contributed by atoms with Gasteiger partial charge in [0.25, 0.3) is 0 Å². The molecule has 0 saturated heterocycles. The summed E-state index contributed by atoms with van der Waals surface area (Å²) in [5.41, 5.74) is 0.452. The maximum absolute atomic E-state index is 6.04. The molecule has 1 aromatic heterocycles. The van der Waals surface area contributed by atoms with Crippen LogP contribution in [0.4, 0.5) is 11.6 Å². The maximum Gasteiger partial charge on any atom is 0.133 e. The smallest absolute Gasteiger partial charge is 0.133 e. The van der Waals surface area contributed by atoms with Crippen molar-refractivity contribution in [3.05, 3.63) is 18.2 Å². The van der Waals surface area contributed by atoms with Gasteiger partial charge in [-0.3, -0.25) is 0 Å². The Balaban J connectivity index is 1.06. The van der Waals surface area contributed by atoms with Crippen molar-refractivity contribution in [1.29, 1.82) is 0 Å². The molecule has 8 saturated carbocycles. The largest absolute Gasteiger partial charge is 0.334 e. The lowest BCUT2D eigenvalue weighted by Gasteiger charge is -2.56. The first-order valence-corrected chi connectivity index (χ1v) is 13.9. The van der Waals surface area contributed by atoms with Gasteiger partial charge in [-0.25, -0.2) is 4.98 Å². The number of hydrogen-bond acceptors (Lipinski definition) is 3. The number of thiocarbonyl (C=S) groups is 2. The zero-order valence-electron chi connectivity index (χ0n) is 18.9. The SMILES string of the molecule is S=C(Nc1cccc(NC(=S)C23CC4CC(CC(C4)C2)C3)n1)C12CC3CC(CC(C3)C1)C2. The van der Waals surface area contributed by atoms with Crippen molar-refractivity contribution in [2.75, 3.05) is 10.6 Å². The van der Waals surface area contributed by atoms with Gasteiger partial charge in [0, 0.05) is 10.8 Å². The van der Waals surface area contributed by atoms with Crippen LogP contribution >= 0.6 is 24.4 Å². The van der Waals surface area contributed by atoms with Gasteiger partial charge < -0.3 is 10.6 Å². The molecule has 2 N–H and O–H groups in total. The molecule has 0 amide bonds. The first kappa shape index (κ1) is 20.3. The minimum absolute atomic E-state index is 0.226. The summed E-state index contributed by atoms with van der Waals surface area (Å²) in [7, 11) is 0. The summed E-state index contributed by atoms with van der Waals surface area (Å²) in [6.07, 6.45) is 16.4. The van der Waals surface area contributed by atoms with Crippen LogP contribution in [-0.2, 0) is 0 Å². The van der Waals surface area contributed by atoms with Crippen LogP contribution < -0.4 is 10.6 Å². The summed E-state index contributed by atoms with van der Waals surface area (Å²) in [6, 6.07) is 6.21. The van der Waals surface area contributed by atoms with E-state index in [1.165, 1.54) is 77.0 Å². The minimum Gasteiger partial charge on any atom is -0.334 e. The van der Waals surface area contributed by atoms with Gasteiger partial charge in [-0.15, -0.1) is 0 Å². The highest BCUT2D eigenvalue weighted by molar-refractivity contribution is 7.81. The molecule has 9 rings (SSSR count). The molecule has 1 heterocycles. The number of aromatic nitrogens is 1. The Hall–Kier alpha value is -1.07. The highest BCUT2D eigenvalue weighted by Gasteiger charge is 2.54. The molecule has 170 valence electrons. The van der Waals surface area contributed by atoms with Crippen molar-refractivity contribution in [2.24, 2.45) is 46.3 Å². The van der Waals surface area contributed by atoms with Crippen LogP contribution in [-0.4, -0.2) is 15.0 Å². The normalized spacial score (nSPS) is 45.1. The Morgan fingerprint density at radius 1 is 0.625 bits per heavy atom. The number of rotatable bonds is 4. The van der Waals surface area contributed by atoms with Crippen LogP contribution in [0.3, 0.4) is 0 Å². The van der Waals surface area contributed by atoms with Crippen molar-refractivity contribution in [2.45, 2.75) is 77.0 Å².